The van der Waals surface area contributed by atoms with Gasteiger partial charge in [0.2, 0.25) is 0 Å². The fourth-order valence-corrected chi connectivity index (χ4v) is 3.59. The Morgan fingerprint density at radius 2 is 1.97 bits per heavy atom. The zero-order chi connectivity index (χ0) is 21.6. The Morgan fingerprint density at radius 1 is 1.16 bits per heavy atom. The first-order chi connectivity index (χ1) is 15.1. The van der Waals surface area contributed by atoms with E-state index in [0.29, 0.717) is 29.9 Å². The lowest BCUT2D eigenvalue weighted by atomic mass is 10.1. The summed E-state index contributed by atoms with van der Waals surface area (Å²) in [5.41, 5.74) is 2.64. The van der Waals surface area contributed by atoms with Crippen LogP contribution in [0, 0.1) is 17.7 Å². The van der Waals surface area contributed by atoms with E-state index in [0.717, 1.165) is 37.1 Å². The summed E-state index contributed by atoms with van der Waals surface area (Å²) in [6, 6.07) is 13.8. The van der Waals surface area contributed by atoms with Crippen molar-refractivity contribution < 1.29 is 9.18 Å². The van der Waals surface area contributed by atoms with Gasteiger partial charge in [-0.25, -0.2) is 13.9 Å². The molecule has 1 fully saturated rings. The van der Waals surface area contributed by atoms with Crippen molar-refractivity contribution in [2.45, 2.75) is 12.8 Å². The molecule has 0 bridgehead atoms. The summed E-state index contributed by atoms with van der Waals surface area (Å²) >= 11 is 0. The van der Waals surface area contributed by atoms with Crippen molar-refractivity contribution in [2.24, 2.45) is 18.9 Å². The van der Waals surface area contributed by atoms with Crippen LogP contribution >= 0.6 is 0 Å². The van der Waals surface area contributed by atoms with E-state index in [1.807, 2.05) is 36.4 Å². The van der Waals surface area contributed by atoms with Gasteiger partial charge in [0.05, 0.1) is 0 Å². The molecule has 2 amide bonds. The van der Waals surface area contributed by atoms with Crippen LogP contribution in [0.3, 0.4) is 0 Å². The molecule has 1 heterocycles. The molecule has 4 rings (SSSR count). The highest BCUT2D eigenvalue weighted by Gasteiger charge is 2.36. The summed E-state index contributed by atoms with van der Waals surface area (Å²) in [6.45, 7) is 2.45. The maximum absolute atomic E-state index is 12.9. The number of benzene rings is 2. The van der Waals surface area contributed by atoms with Crippen LogP contribution in [0.2, 0.25) is 0 Å². The number of hydrogen-bond donors (Lipinski definition) is 3. The summed E-state index contributed by atoms with van der Waals surface area (Å²) in [6.07, 6.45) is 1.99. The van der Waals surface area contributed by atoms with Crippen molar-refractivity contribution in [3.8, 4) is 11.4 Å². The van der Waals surface area contributed by atoms with Crippen LogP contribution in [-0.2, 0) is 13.5 Å². The van der Waals surface area contributed by atoms with E-state index in [9.17, 15) is 9.18 Å². The number of nitrogens with zero attached hydrogens (tertiary/aromatic N) is 4. The molecule has 1 aliphatic carbocycles. The number of anilines is 1. The molecule has 0 spiro atoms. The number of tetrazole rings is 1. The van der Waals surface area contributed by atoms with Crippen LogP contribution in [0.5, 0.6) is 0 Å². The summed E-state index contributed by atoms with van der Waals surface area (Å²) in [7, 11) is 1.77. The average Bonchev–Trinajstić information content (AvgIpc) is 3.38. The number of aryl methyl sites for hydroxylation is 1. The molecule has 0 aliphatic heterocycles. The van der Waals surface area contributed by atoms with Crippen molar-refractivity contribution in [3.05, 3.63) is 59.9 Å². The van der Waals surface area contributed by atoms with Crippen LogP contribution in [0.15, 0.2) is 48.5 Å². The van der Waals surface area contributed by atoms with Gasteiger partial charge in [-0.05, 0) is 78.0 Å². The molecule has 2 atom stereocenters. The number of halogens is 1. The summed E-state index contributed by atoms with van der Waals surface area (Å²) in [5.74, 6) is 1.52. The minimum absolute atomic E-state index is 0.204. The van der Waals surface area contributed by atoms with Crippen molar-refractivity contribution in [1.82, 2.24) is 30.8 Å². The third kappa shape index (κ3) is 5.85. The van der Waals surface area contributed by atoms with Gasteiger partial charge in [-0.2, -0.15) is 0 Å². The number of hydrogen-bond acceptors (Lipinski definition) is 5. The fourth-order valence-electron chi connectivity index (χ4n) is 3.59. The van der Waals surface area contributed by atoms with Crippen LogP contribution in [0.4, 0.5) is 14.9 Å². The topological polar surface area (TPSA) is 96.8 Å². The van der Waals surface area contributed by atoms with E-state index in [2.05, 4.69) is 31.5 Å². The highest BCUT2D eigenvalue weighted by Crippen LogP contribution is 2.37. The minimum Gasteiger partial charge on any atom is -0.338 e. The standard InChI is InChI=1S/C22H26FN7O/c1-30-21(27-28-29-30)16-3-2-4-20(12-16)26-22(31)25-14-18-11-17(18)13-24-10-9-15-5-7-19(23)8-6-15/h2-8,12,17-18,24H,9-11,13-14H2,1H3,(H2,25,26,31). The molecule has 2 aromatic carbocycles. The third-order valence-corrected chi connectivity index (χ3v) is 5.50. The first kappa shape index (κ1) is 20.9. The summed E-state index contributed by atoms with van der Waals surface area (Å²) in [4.78, 5) is 12.2. The van der Waals surface area contributed by atoms with E-state index >= 15 is 0 Å². The normalized spacial score (nSPS) is 17.4. The zero-order valence-corrected chi connectivity index (χ0v) is 17.4. The van der Waals surface area contributed by atoms with Crippen LogP contribution < -0.4 is 16.0 Å². The molecule has 31 heavy (non-hydrogen) atoms. The van der Waals surface area contributed by atoms with Gasteiger partial charge in [-0.3, -0.25) is 0 Å². The van der Waals surface area contributed by atoms with E-state index in [1.165, 1.54) is 12.1 Å². The Labute approximate surface area is 180 Å². The van der Waals surface area contributed by atoms with Gasteiger partial charge in [0.1, 0.15) is 5.82 Å². The summed E-state index contributed by atoms with van der Waals surface area (Å²) < 4.78 is 14.5. The molecule has 8 nitrogen and oxygen atoms in total. The molecule has 1 saturated carbocycles. The molecule has 0 saturated heterocycles. The highest BCUT2D eigenvalue weighted by atomic mass is 19.1. The van der Waals surface area contributed by atoms with Gasteiger partial charge < -0.3 is 16.0 Å². The molecule has 9 heteroatoms. The highest BCUT2D eigenvalue weighted by molar-refractivity contribution is 5.89. The molecule has 3 aromatic rings. The Kier molecular flexibility index (Phi) is 6.51. The number of urea groups is 1. The van der Waals surface area contributed by atoms with Gasteiger partial charge in [0.25, 0.3) is 0 Å². The number of rotatable bonds is 9. The maximum atomic E-state index is 12.9. The van der Waals surface area contributed by atoms with Gasteiger partial charge in [-0.15, -0.1) is 5.10 Å². The maximum Gasteiger partial charge on any atom is 0.319 e. The molecule has 1 aliphatic rings. The molecule has 1 aromatic heterocycles. The average molecular weight is 423 g/mol. The fraction of sp³-hybridized carbons (Fsp3) is 0.364. The first-order valence-electron chi connectivity index (χ1n) is 10.4. The largest absolute Gasteiger partial charge is 0.338 e. The van der Waals surface area contributed by atoms with Crippen molar-refractivity contribution >= 4 is 11.7 Å². The molecule has 3 N–H and O–H groups in total. The molecule has 0 radical (unpaired) electrons. The Balaban J connectivity index is 1.14. The van der Waals surface area contributed by atoms with Crippen molar-refractivity contribution in [1.29, 1.82) is 0 Å². The second kappa shape index (κ2) is 9.65. The van der Waals surface area contributed by atoms with Crippen molar-refractivity contribution in [3.63, 3.8) is 0 Å². The van der Waals surface area contributed by atoms with Crippen LogP contribution in [0.1, 0.15) is 12.0 Å². The van der Waals surface area contributed by atoms with Crippen LogP contribution in [-0.4, -0.2) is 45.9 Å². The SMILES string of the molecule is Cn1nnnc1-c1cccc(NC(=O)NCC2CC2CNCCc2ccc(F)cc2)c1. The molecule has 2 unspecified atom stereocenters. The van der Waals surface area contributed by atoms with Gasteiger partial charge in [0.15, 0.2) is 5.82 Å². The second-order valence-corrected chi connectivity index (χ2v) is 7.88. The predicted molar refractivity (Wildman–Crippen MR) is 116 cm³/mol. The third-order valence-electron chi connectivity index (χ3n) is 5.50. The number of carbonyl (C=O) groups is 1. The first-order valence-corrected chi connectivity index (χ1v) is 10.4. The monoisotopic (exact) mass is 423 g/mol. The number of aromatic nitrogens is 4. The van der Waals surface area contributed by atoms with E-state index < -0.39 is 0 Å². The lowest BCUT2D eigenvalue weighted by molar-refractivity contribution is 0.251. The smallest absolute Gasteiger partial charge is 0.319 e. The van der Waals surface area contributed by atoms with Gasteiger partial charge >= 0.3 is 6.03 Å². The lowest BCUT2D eigenvalue weighted by Crippen LogP contribution is -2.31. The summed E-state index contributed by atoms with van der Waals surface area (Å²) in [5, 5.41) is 20.7. The van der Waals surface area contributed by atoms with E-state index in [-0.39, 0.29) is 11.8 Å². The Morgan fingerprint density at radius 3 is 2.74 bits per heavy atom. The molecular formula is C22H26FN7O. The number of nitrogens with one attached hydrogen (secondary N) is 3. The van der Waals surface area contributed by atoms with Gasteiger partial charge in [0, 0.05) is 24.8 Å². The van der Waals surface area contributed by atoms with Crippen LogP contribution in [0.25, 0.3) is 11.4 Å². The Hall–Kier alpha value is -3.33. The second-order valence-electron chi connectivity index (χ2n) is 7.88. The van der Waals surface area contributed by atoms with E-state index in [4.69, 9.17) is 0 Å². The number of carbonyl (C=O) groups excluding carboxylic acids is 1. The molecular weight excluding hydrogens is 397 g/mol. The minimum atomic E-state index is -0.219. The zero-order valence-electron chi connectivity index (χ0n) is 17.4. The predicted octanol–water partition coefficient (Wildman–Crippen LogP) is 2.61. The molecule has 162 valence electrons. The van der Waals surface area contributed by atoms with Gasteiger partial charge in [-0.1, -0.05) is 24.3 Å². The Bertz CT molecular complexity index is 1020. The van der Waals surface area contributed by atoms with Crippen molar-refractivity contribution in [2.75, 3.05) is 25.0 Å². The number of amides is 2. The van der Waals surface area contributed by atoms with E-state index in [1.54, 1.807) is 11.7 Å². The lowest BCUT2D eigenvalue weighted by Gasteiger charge is -2.09. The quantitative estimate of drug-likeness (QED) is 0.460.